The van der Waals surface area contributed by atoms with Gasteiger partial charge in [-0.05, 0) is 19.0 Å². The molecule has 3 aromatic rings. The fourth-order valence-corrected chi connectivity index (χ4v) is 3.92. The molecule has 5 rings (SSSR count). The van der Waals surface area contributed by atoms with Crippen molar-refractivity contribution in [1.29, 1.82) is 0 Å². The molecule has 1 unspecified atom stereocenters. The molecule has 2 fully saturated rings. The van der Waals surface area contributed by atoms with Crippen LogP contribution in [0.5, 0.6) is 5.75 Å². The quantitative estimate of drug-likeness (QED) is 0.679. The van der Waals surface area contributed by atoms with Crippen LogP contribution in [-0.4, -0.2) is 56.7 Å². The van der Waals surface area contributed by atoms with Crippen LogP contribution in [-0.2, 0) is 0 Å². The highest BCUT2D eigenvalue weighted by molar-refractivity contribution is 5.61. The second-order valence-electron chi connectivity index (χ2n) is 7.57. The maximum absolute atomic E-state index is 13.4. The molecule has 2 N–H and O–H groups in total. The molecule has 1 saturated carbocycles. The van der Waals surface area contributed by atoms with Gasteiger partial charge in [0.1, 0.15) is 17.1 Å². The summed E-state index contributed by atoms with van der Waals surface area (Å²) in [5, 5.41) is 11.2. The number of nitrogens with zero attached hydrogens (tertiary/aromatic N) is 5. The third-order valence-corrected chi connectivity index (χ3v) is 5.49. The molecule has 0 aromatic carbocycles. The Morgan fingerprint density at radius 3 is 2.90 bits per heavy atom. The number of imidazole rings is 1. The maximum atomic E-state index is 13.4. The third kappa shape index (κ3) is 3.37. The molecular weight excluding hydrogens is 380 g/mol. The Labute approximate surface area is 165 Å². The van der Waals surface area contributed by atoms with E-state index < -0.39 is 5.92 Å². The van der Waals surface area contributed by atoms with Gasteiger partial charge in [0.05, 0.1) is 19.0 Å². The van der Waals surface area contributed by atoms with E-state index in [0.717, 1.165) is 19.5 Å². The highest BCUT2D eigenvalue weighted by atomic mass is 19.3. The Balaban J connectivity index is 1.50. The number of nitrogens with one attached hydrogen (secondary N) is 2. The number of hydrogen-bond acceptors (Lipinski definition) is 7. The molecule has 3 aromatic heterocycles. The van der Waals surface area contributed by atoms with Crippen LogP contribution in [0.1, 0.15) is 30.9 Å². The van der Waals surface area contributed by atoms with Crippen molar-refractivity contribution in [3.63, 3.8) is 0 Å². The van der Waals surface area contributed by atoms with Crippen LogP contribution in [0, 0.1) is 0 Å². The van der Waals surface area contributed by atoms with E-state index in [0.29, 0.717) is 40.5 Å². The summed E-state index contributed by atoms with van der Waals surface area (Å²) in [5.41, 5.74) is 2.42. The van der Waals surface area contributed by atoms with Crippen molar-refractivity contribution in [2.75, 3.05) is 25.5 Å². The predicted molar refractivity (Wildman–Crippen MR) is 102 cm³/mol. The monoisotopic (exact) mass is 401 g/mol. The smallest absolute Gasteiger partial charge is 0.249 e. The SMILES string of the molecule is COc1cc2ncc(-c3ccnc(NC4CCNC4)n3)n2nc1C1CC(F)(F)C1. The average molecular weight is 401 g/mol. The lowest BCUT2D eigenvalue weighted by molar-refractivity contribution is -0.0881. The van der Waals surface area contributed by atoms with Gasteiger partial charge in [-0.3, -0.25) is 0 Å². The zero-order chi connectivity index (χ0) is 20.0. The van der Waals surface area contributed by atoms with Crippen LogP contribution < -0.4 is 15.4 Å². The average Bonchev–Trinajstić information content (AvgIpc) is 3.34. The van der Waals surface area contributed by atoms with Crippen molar-refractivity contribution in [3.8, 4) is 17.1 Å². The molecule has 4 heterocycles. The first kappa shape index (κ1) is 18.2. The summed E-state index contributed by atoms with van der Waals surface area (Å²) in [6, 6.07) is 3.80. The standard InChI is InChI=1S/C19H21F2N7O/c1-29-15-6-16-24-10-14(28(16)27-17(15)11-7-19(20,21)8-11)13-3-5-23-18(26-13)25-12-2-4-22-9-12/h3,5-6,10-12,22H,2,4,7-9H2,1H3,(H,23,25,26). The summed E-state index contributed by atoms with van der Waals surface area (Å²) in [7, 11) is 1.51. The molecule has 0 spiro atoms. The van der Waals surface area contributed by atoms with E-state index in [9.17, 15) is 8.78 Å². The molecule has 0 amide bonds. The highest BCUT2D eigenvalue weighted by Crippen LogP contribution is 2.49. The first-order valence-electron chi connectivity index (χ1n) is 9.63. The number of alkyl halides is 2. The summed E-state index contributed by atoms with van der Waals surface area (Å²) in [4.78, 5) is 13.3. The number of methoxy groups -OCH3 is 1. The largest absolute Gasteiger partial charge is 0.495 e. The molecule has 1 aliphatic heterocycles. The van der Waals surface area contributed by atoms with Crippen LogP contribution >= 0.6 is 0 Å². The molecule has 29 heavy (non-hydrogen) atoms. The van der Waals surface area contributed by atoms with Crippen LogP contribution in [0.25, 0.3) is 17.0 Å². The number of anilines is 1. The van der Waals surface area contributed by atoms with Gasteiger partial charge in [0.15, 0.2) is 5.65 Å². The Kier molecular flexibility index (Phi) is 4.30. The minimum atomic E-state index is -2.63. The van der Waals surface area contributed by atoms with Gasteiger partial charge in [0, 0.05) is 43.6 Å². The van der Waals surface area contributed by atoms with E-state index in [1.807, 2.05) is 0 Å². The summed E-state index contributed by atoms with van der Waals surface area (Å²) >= 11 is 0. The van der Waals surface area contributed by atoms with Crippen LogP contribution in [0.15, 0.2) is 24.5 Å². The number of ether oxygens (including phenoxy) is 1. The highest BCUT2D eigenvalue weighted by Gasteiger charge is 2.47. The minimum absolute atomic E-state index is 0.219. The van der Waals surface area contributed by atoms with Gasteiger partial charge >= 0.3 is 0 Å². The predicted octanol–water partition coefficient (Wildman–Crippen LogP) is 2.48. The number of halogens is 2. The molecule has 0 bridgehead atoms. The van der Waals surface area contributed by atoms with Crippen molar-refractivity contribution in [3.05, 3.63) is 30.2 Å². The molecule has 10 heteroatoms. The lowest BCUT2D eigenvalue weighted by Gasteiger charge is -2.34. The van der Waals surface area contributed by atoms with E-state index >= 15 is 0 Å². The summed E-state index contributed by atoms with van der Waals surface area (Å²) in [6.45, 7) is 1.85. The van der Waals surface area contributed by atoms with Gasteiger partial charge in [-0.1, -0.05) is 0 Å². The van der Waals surface area contributed by atoms with Crippen LogP contribution in [0.2, 0.25) is 0 Å². The van der Waals surface area contributed by atoms with Crippen molar-refractivity contribution < 1.29 is 13.5 Å². The summed E-state index contributed by atoms with van der Waals surface area (Å²) in [6.07, 6.45) is 3.93. The van der Waals surface area contributed by atoms with Gasteiger partial charge in [-0.2, -0.15) is 5.10 Å². The number of rotatable bonds is 5. The van der Waals surface area contributed by atoms with Gasteiger partial charge in [-0.25, -0.2) is 28.2 Å². The van der Waals surface area contributed by atoms with E-state index in [-0.39, 0.29) is 18.8 Å². The zero-order valence-electron chi connectivity index (χ0n) is 15.9. The summed E-state index contributed by atoms with van der Waals surface area (Å²) in [5.74, 6) is -1.95. The topological polar surface area (TPSA) is 89.3 Å². The second-order valence-corrected chi connectivity index (χ2v) is 7.57. The van der Waals surface area contributed by atoms with Crippen LogP contribution in [0.4, 0.5) is 14.7 Å². The van der Waals surface area contributed by atoms with E-state index in [1.54, 1.807) is 29.0 Å². The first-order chi connectivity index (χ1) is 14.0. The molecule has 1 atom stereocenters. The lowest BCUT2D eigenvalue weighted by Crippen LogP contribution is -2.34. The summed E-state index contributed by atoms with van der Waals surface area (Å²) < 4.78 is 33.8. The van der Waals surface area contributed by atoms with Crippen LogP contribution in [0.3, 0.4) is 0 Å². The lowest BCUT2D eigenvalue weighted by atomic mass is 9.79. The maximum Gasteiger partial charge on any atom is 0.249 e. The zero-order valence-corrected chi connectivity index (χ0v) is 15.9. The molecule has 152 valence electrons. The fraction of sp³-hybridized carbons (Fsp3) is 0.474. The fourth-order valence-electron chi connectivity index (χ4n) is 3.92. The van der Waals surface area contributed by atoms with Crippen molar-refractivity contribution in [2.24, 2.45) is 0 Å². The van der Waals surface area contributed by atoms with Gasteiger partial charge < -0.3 is 15.4 Å². The van der Waals surface area contributed by atoms with E-state index in [1.165, 1.54) is 7.11 Å². The second kappa shape index (κ2) is 6.87. The van der Waals surface area contributed by atoms with Crippen molar-refractivity contribution >= 4 is 11.6 Å². The number of fused-ring (bicyclic) bond motifs is 1. The van der Waals surface area contributed by atoms with Crippen molar-refractivity contribution in [1.82, 2.24) is 29.9 Å². The Hall–Kier alpha value is -2.88. The first-order valence-corrected chi connectivity index (χ1v) is 9.63. The van der Waals surface area contributed by atoms with E-state index in [4.69, 9.17) is 4.74 Å². The van der Waals surface area contributed by atoms with Gasteiger partial charge in [0.2, 0.25) is 11.9 Å². The molecule has 0 radical (unpaired) electrons. The molecule has 1 saturated heterocycles. The normalized spacial score (nSPS) is 21.3. The van der Waals surface area contributed by atoms with Gasteiger partial charge in [-0.15, -0.1) is 0 Å². The minimum Gasteiger partial charge on any atom is -0.495 e. The Morgan fingerprint density at radius 1 is 1.31 bits per heavy atom. The third-order valence-electron chi connectivity index (χ3n) is 5.49. The molecule has 1 aliphatic carbocycles. The number of aromatic nitrogens is 5. The Morgan fingerprint density at radius 2 is 2.17 bits per heavy atom. The Bertz CT molecular complexity index is 1040. The molecule has 2 aliphatic rings. The molecular formula is C19H21F2N7O. The number of hydrogen-bond donors (Lipinski definition) is 2. The van der Waals surface area contributed by atoms with Crippen molar-refractivity contribution in [2.45, 2.75) is 37.1 Å². The van der Waals surface area contributed by atoms with Gasteiger partial charge in [0.25, 0.3) is 0 Å². The van der Waals surface area contributed by atoms with E-state index in [2.05, 4.69) is 30.7 Å². The molecule has 8 nitrogen and oxygen atoms in total.